The topological polar surface area (TPSA) is 89.8 Å². The van der Waals surface area contributed by atoms with E-state index >= 15 is 0 Å². The summed E-state index contributed by atoms with van der Waals surface area (Å²) in [6.07, 6.45) is 1.46. The lowest BCUT2D eigenvalue weighted by atomic mass is 10.1. The van der Waals surface area contributed by atoms with Crippen LogP contribution in [0.4, 0.5) is 11.4 Å². The highest BCUT2D eigenvalue weighted by Gasteiger charge is 2.19. The Bertz CT molecular complexity index is 1030. The Morgan fingerprint density at radius 1 is 0.867 bits per heavy atom. The first kappa shape index (κ1) is 21.0. The fraction of sp³-hybridized carbons (Fsp3) is 0.217. The number of rotatable bonds is 8. The first-order valence-electron chi connectivity index (χ1n) is 9.69. The lowest BCUT2D eigenvalue weighted by Crippen LogP contribution is -2.16. The Balaban J connectivity index is 1.93. The second kappa shape index (κ2) is 9.65. The van der Waals surface area contributed by atoms with Gasteiger partial charge in [-0.25, -0.2) is 0 Å². The zero-order chi connectivity index (χ0) is 21.5. The third-order valence-corrected chi connectivity index (χ3v) is 4.32. The number of ether oxygens (including phenoxy) is 2. The molecule has 0 saturated heterocycles. The summed E-state index contributed by atoms with van der Waals surface area (Å²) in [5.74, 6) is 0.751. The van der Waals surface area contributed by atoms with Crippen molar-refractivity contribution in [3.8, 4) is 11.5 Å². The lowest BCUT2D eigenvalue weighted by Gasteiger charge is -2.18. The SMILES string of the molecule is CCOc1cc(NC(=O)c2ccoc2C)c(OCC)cc1NC(=O)c1ccccc1. The van der Waals surface area contributed by atoms with Gasteiger partial charge in [-0.05, 0) is 39.0 Å². The summed E-state index contributed by atoms with van der Waals surface area (Å²) in [5, 5.41) is 5.69. The van der Waals surface area contributed by atoms with Crippen LogP contribution in [0.3, 0.4) is 0 Å². The zero-order valence-electron chi connectivity index (χ0n) is 17.2. The number of benzene rings is 2. The number of furan rings is 1. The van der Waals surface area contributed by atoms with Crippen LogP contribution in [0.5, 0.6) is 11.5 Å². The third-order valence-electron chi connectivity index (χ3n) is 4.32. The van der Waals surface area contributed by atoms with Gasteiger partial charge in [0, 0.05) is 17.7 Å². The Morgan fingerprint density at radius 3 is 1.93 bits per heavy atom. The highest BCUT2D eigenvalue weighted by molar-refractivity contribution is 6.07. The number of aryl methyl sites for hydroxylation is 1. The molecule has 2 amide bonds. The molecule has 0 atom stereocenters. The van der Waals surface area contributed by atoms with E-state index in [-0.39, 0.29) is 11.8 Å². The van der Waals surface area contributed by atoms with Gasteiger partial charge in [-0.15, -0.1) is 0 Å². The molecule has 0 fully saturated rings. The van der Waals surface area contributed by atoms with Crippen molar-refractivity contribution in [2.24, 2.45) is 0 Å². The monoisotopic (exact) mass is 408 g/mol. The van der Waals surface area contributed by atoms with Gasteiger partial charge in [0.05, 0.1) is 36.4 Å². The van der Waals surface area contributed by atoms with Crippen molar-refractivity contribution in [3.63, 3.8) is 0 Å². The Labute approximate surface area is 175 Å². The molecule has 0 unspecified atom stereocenters. The number of nitrogens with one attached hydrogen (secondary N) is 2. The number of anilines is 2. The molecule has 0 spiro atoms. The molecule has 30 heavy (non-hydrogen) atoms. The van der Waals surface area contributed by atoms with E-state index in [1.807, 2.05) is 19.9 Å². The molecule has 2 aromatic carbocycles. The van der Waals surface area contributed by atoms with E-state index in [1.54, 1.807) is 49.4 Å². The summed E-state index contributed by atoms with van der Waals surface area (Å²) >= 11 is 0. The minimum Gasteiger partial charge on any atom is -0.492 e. The fourth-order valence-electron chi connectivity index (χ4n) is 2.90. The van der Waals surface area contributed by atoms with E-state index in [2.05, 4.69) is 10.6 Å². The first-order valence-corrected chi connectivity index (χ1v) is 9.69. The Morgan fingerprint density at radius 2 is 1.43 bits per heavy atom. The largest absolute Gasteiger partial charge is 0.492 e. The summed E-state index contributed by atoms with van der Waals surface area (Å²) in [6, 6.07) is 13.8. The second-order valence-corrected chi connectivity index (χ2v) is 6.38. The maximum atomic E-state index is 12.6. The van der Waals surface area contributed by atoms with Crippen molar-refractivity contribution in [3.05, 3.63) is 71.7 Å². The summed E-state index contributed by atoms with van der Waals surface area (Å²) in [7, 11) is 0. The van der Waals surface area contributed by atoms with Gasteiger partial charge in [0.2, 0.25) is 0 Å². The molecule has 0 aliphatic heterocycles. The summed E-state index contributed by atoms with van der Waals surface area (Å²) in [6.45, 7) is 6.16. The molecule has 7 nitrogen and oxygen atoms in total. The van der Waals surface area contributed by atoms with Crippen LogP contribution < -0.4 is 20.1 Å². The van der Waals surface area contributed by atoms with Gasteiger partial charge in [-0.3, -0.25) is 9.59 Å². The summed E-state index contributed by atoms with van der Waals surface area (Å²) < 4.78 is 16.6. The number of amides is 2. The van der Waals surface area contributed by atoms with Crippen LogP contribution >= 0.6 is 0 Å². The minimum atomic E-state index is -0.328. The van der Waals surface area contributed by atoms with Crippen LogP contribution in [0.2, 0.25) is 0 Å². The molecule has 0 radical (unpaired) electrons. The van der Waals surface area contributed by atoms with Gasteiger partial charge < -0.3 is 24.5 Å². The van der Waals surface area contributed by atoms with E-state index in [1.165, 1.54) is 6.26 Å². The minimum absolute atomic E-state index is 0.273. The van der Waals surface area contributed by atoms with Gasteiger partial charge in [-0.2, -0.15) is 0 Å². The smallest absolute Gasteiger partial charge is 0.259 e. The Hall–Kier alpha value is -3.74. The first-order chi connectivity index (χ1) is 14.5. The molecular formula is C23H24N2O5. The van der Waals surface area contributed by atoms with E-state index in [4.69, 9.17) is 13.9 Å². The van der Waals surface area contributed by atoms with E-state index in [9.17, 15) is 9.59 Å². The standard InChI is InChI=1S/C23H24N2O5/c1-4-28-20-14-19(25-23(27)17-11-12-30-15(17)3)21(29-5-2)13-18(20)24-22(26)16-9-7-6-8-10-16/h6-14H,4-5H2,1-3H3,(H,24,26)(H,25,27). The van der Waals surface area contributed by atoms with Crippen molar-refractivity contribution in [1.82, 2.24) is 0 Å². The van der Waals surface area contributed by atoms with Crippen molar-refractivity contribution in [1.29, 1.82) is 0 Å². The van der Waals surface area contributed by atoms with E-state index in [0.717, 1.165) is 0 Å². The normalized spacial score (nSPS) is 10.4. The van der Waals surface area contributed by atoms with Gasteiger partial charge >= 0.3 is 0 Å². The average Bonchev–Trinajstić information content (AvgIpc) is 3.18. The van der Waals surface area contributed by atoms with Crippen molar-refractivity contribution in [2.75, 3.05) is 23.8 Å². The molecule has 156 valence electrons. The fourth-order valence-corrected chi connectivity index (χ4v) is 2.90. The van der Waals surface area contributed by atoms with Crippen molar-refractivity contribution >= 4 is 23.2 Å². The second-order valence-electron chi connectivity index (χ2n) is 6.38. The zero-order valence-corrected chi connectivity index (χ0v) is 17.2. The summed E-state index contributed by atoms with van der Waals surface area (Å²) in [4.78, 5) is 25.2. The third kappa shape index (κ3) is 4.81. The van der Waals surface area contributed by atoms with E-state index in [0.29, 0.717) is 53.0 Å². The van der Waals surface area contributed by atoms with Crippen LogP contribution in [0.15, 0.2) is 59.2 Å². The average molecular weight is 408 g/mol. The molecule has 1 heterocycles. The van der Waals surface area contributed by atoms with Crippen LogP contribution in [-0.4, -0.2) is 25.0 Å². The van der Waals surface area contributed by atoms with Crippen molar-refractivity contribution in [2.45, 2.75) is 20.8 Å². The summed E-state index contributed by atoms with van der Waals surface area (Å²) in [5.41, 5.74) is 1.83. The molecule has 3 rings (SSSR count). The maximum absolute atomic E-state index is 12.6. The maximum Gasteiger partial charge on any atom is 0.259 e. The van der Waals surface area contributed by atoms with Crippen LogP contribution in [0, 0.1) is 6.92 Å². The lowest BCUT2D eigenvalue weighted by molar-refractivity contribution is 0.101. The molecule has 0 aliphatic carbocycles. The number of hydrogen-bond acceptors (Lipinski definition) is 5. The van der Waals surface area contributed by atoms with Crippen molar-refractivity contribution < 1.29 is 23.5 Å². The van der Waals surface area contributed by atoms with Gasteiger partial charge in [0.15, 0.2) is 0 Å². The van der Waals surface area contributed by atoms with Crippen LogP contribution in [0.1, 0.15) is 40.3 Å². The molecule has 0 aliphatic rings. The number of carbonyl (C=O) groups is 2. The van der Waals surface area contributed by atoms with Gasteiger partial charge in [0.1, 0.15) is 17.3 Å². The molecule has 0 bridgehead atoms. The molecule has 1 aromatic heterocycles. The molecule has 0 saturated carbocycles. The molecular weight excluding hydrogens is 384 g/mol. The van der Waals surface area contributed by atoms with Crippen LogP contribution in [-0.2, 0) is 0 Å². The number of hydrogen-bond donors (Lipinski definition) is 2. The predicted molar refractivity (Wildman–Crippen MR) is 115 cm³/mol. The highest BCUT2D eigenvalue weighted by atomic mass is 16.5. The molecule has 7 heteroatoms. The quantitative estimate of drug-likeness (QED) is 0.554. The predicted octanol–water partition coefficient (Wildman–Crippen LogP) is 4.89. The molecule has 3 aromatic rings. The van der Waals surface area contributed by atoms with Gasteiger partial charge in [-0.1, -0.05) is 18.2 Å². The van der Waals surface area contributed by atoms with Gasteiger partial charge in [0.25, 0.3) is 11.8 Å². The van der Waals surface area contributed by atoms with E-state index < -0.39 is 0 Å². The highest BCUT2D eigenvalue weighted by Crippen LogP contribution is 2.37. The number of carbonyl (C=O) groups excluding carboxylic acids is 2. The van der Waals surface area contributed by atoms with Crippen LogP contribution in [0.25, 0.3) is 0 Å². The molecule has 2 N–H and O–H groups in total. The Kier molecular flexibility index (Phi) is 6.75.